The molecule has 2 aromatic heterocycles. The fourth-order valence-electron chi connectivity index (χ4n) is 3.66. The minimum atomic E-state index is -4.97. The van der Waals surface area contributed by atoms with Crippen molar-refractivity contribution in [1.29, 1.82) is 0 Å². The van der Waals surface area contributed by atoms with Crippen LogP contribution in [0.1, 0.15) is 28.9 Å². The first kappa shape index (κ1) is 28.6. The molecule has 0 saturated carbocycles. The van der Waals surface area contributed by atoms with E-state index in [0.29, 0.717) is 10.6 Å². The van der Waals surface area contributed by atoms with E-state index in [4.69, 9.17) is 22.1 Å². The normalized spacial score (nSPS) is 12.5. The van der Waals surface area contributed by atoms with Gasteiger partial charge in [0.15, 0.2) is 5.75 Å². The van der Waals surface area contributed by atoms with Gasteiger partial charge in [-0.2, -0.15) is 18.3 Å². The fourth-order valence-corrected chi connectivity index (χ4v) is 4.87. The van der Waals surface area contributed by atoms with E-state index in [2.05, 4.69) is 25.5 Å². The van der Waals surface area contributed by atoms with Crippen LogP contribution in [0.25, 0.3) is 11.3 Å². The average Bonchev–Trinajstić information content (AvgIpc) is 3.28. The summed E-state index contributed by atoms with van der Waals surface area (Å²) >= 11 is 6.06. The summed E-state index contributed by atoms with van der Waals surface area (Å²) in [5, 5.41) is 10.1. The highest BCUT2D eigenvalue weighted by molar-refractivity contribution is 7.92. The molecule has 0 saturated heterocycles. The molecule has 0 radical (unpaired) electrons. The first-order valence-corrected chi connectivity index (χ1v) is 13.4. The maximum Gasteiger partial charge on any atom is 0.404 e. The van der Waals surface area contributed by atoms with Gasteiger partial charge in [-0.25, -0.2) is 13.4 Å². The number of carbonyl (C=O) groups excluding carboxylic acids is 1. The summed E-state index contributed by atoms with van der Waals surface area (Å²) in [4.78, 5) is 20.4. The van der Waals surface area contributed by atoms with Gasteiger partial charge in [-0.15, -0.1) is 0 Å². The minimum Gasteiger partial charge on any atom is -0.484 e. The second-order valence-corrected chi connectivity index (χ2v) is 10.6. The molecular formula is C24H21ClF3N7O4S. The topological polar surface area (TPSA) is 165 Å². The number of amides is 1. The number of nitrogens with one attached hydrogen (secondary N) is 3. The summed E-state index contributed by atoms with van der Waals surface area (Å²) in [5.74, 6) is -2.72. The van der Waals surface area contributed by atoms with Crippen LogP contribution in [0, 0.1) is 0 Å². The highest BCUT2D eigenvalue weighted by atomic mass is 35.5. The molecule has 5 N–H and O–H groups in total. The van der Waals surface area contributed by atoms with Gasteiger partial charge >= 0.3 is 6.18 Å². The standard InChI is InChI=1S/C24H21ClF3N7O4S/c1-13(14-3-2-4-16(25)9-14)39-18-10-15(5-6-17(18)35-40(37,38)12-24(26,27)28)21-20(22(29)36)23(34-33-21)32-19-11-30-7-8-31-19/h2-11,13,35H,12H2,1H3,(H2,29,36)(H2,31,32,33,34)/t13-/m0/s1. The number of sulfonamides is 1. The number of aromatic amines is 1. The quantitative estimate of drug-likeness (QED) is 0.203. The van der Waals surface area contributed by atoms with Gasteiger partial charge in [0.2, 0.25) is 10.0 Å². The summed E-state index contributed by atoms with van der Waals surface area (Å²) in [6, 6.07) is 10.5. The molecular weight excluding hydrogens is 575 g/mol. The van der Waals surface area contributed by atoms with Gasteiger partial charge in [0, 0.05) is 23.0 Å². The Bertz CT molecular complexity index is 1630. The van der Waals surface area contributed by atoms with Gasteiger partial charge in [-0.1, -0.05) is 29.8 Å². The number of rotatable bonds is 10. The van der Waals surface area contributed by atoms with E-state index in [1.165, 1.54) is 36.8 Å². The number of H-pyrrole nitrogens is 1. The van der Waals surface area contributed by atoms with E-state index in [1.54, 1.807) is 31.2 Å². The van der Waals surface area contributed by atoms with Crippen LogP contribution in [0.2, 0.25) is 5.02 Å². The molecule has 1 amide bonds. The van der Waals surface area contributed by atoms with E-state index in [9.17, 15) is 26.4 Å². The molecule has 0 bridgehead atoms. The summed E-state index contributed by atoms with van der Waals surface area (Å²) in [5.41, 5.74) is 6.19. The van der Waals surface area contributed by atoms with E-state index >= 15 is 0 Å². The van der Waals surface area contributed by atoms with Crippen molar-refractivity contribution in [3.05, 3.63) is 77.2 Å². The predicted molar refractivity (Wildman–Crippen MR) is 142 cm³/mol. The molecule has 210 valence electrons. The molecule has 0 spiro atoms. The van der Waals surface area contributed by atoms with Crippen LogP contribution in [-0.4, -0.2) is 46.4 Å². The van der Waals surface area contributed by atoms with Crippen LogP contribution in [0.3, 0.4) is 0 Å². The monoisotopic (exact) mass is 595 g/mol. The fraction of sp³-hybridized carbons (Fsp3) is 0.167. The third-order valence-electron chi connectivity index (χ3n) is 5.32. The number of primary amides is 1. The van der Waals surface area contributed by atoms with E-state index in [-0.39, 0.29) is 39.9 Å². The van der Waals surface area contributed by atoms with Crippen molar-refractivity contribution in [1.82, 2.24) is 20.2 Å². The van der Waals surface area contributed by atoms with E-state index < -0.39 is 34.0 Å². The van der Waals surface area contributed by atoms with Crippen LogP contribution >= 0.6 is 11.6 Å². The molecule has 11 nitrogen and oxygen atoms in total. The summed E-state index contributed by atoms with van der Waals surface area (Å²) in [6.07, 6.45) is -1.42. The molecule has 0 aliphatic heterocycles. The van der Waals surface area contributed by atoms with Gasteiger partial charge < -0.3 is 15.8 Å². The Balaban J connectivity index is 1.76. The molecule has 2 heterocycles. The third-order valence-corrected chi connectivity index (χ3v) is 6.80. The Hall–Kier alpha value is -4.37. The lowest BCUT2D eigenvalue weighted by molar-refractivity contribution is -0.106. The Morgan fingerprint density at radius 1 is 1.20 bits per heavy atom. The summed E-state index contributed by atoms with van der Waals surface area (Å²) in [6.45, 7) is 1.64. The van der Waals surface area contributed by atoms with Crippen LogP contribution < -0.4 is 20.5 Å². The van der Waals surface area contributed by atoms with Crippen molar-refractivity contribution in [3.63, 3.8) is 0 Å². The summed E-state index contributed by atoms with van der Waals surface area (Å²) < 4.78 is 70.9. The van der Waals surface area contributed by atoms with Crippen molar-refractivity contribution < 1.29 is 31.1 Å². The molecule has 4 rings (SSSR count). The number of carbonyl (C=O) groups is 1. The zero-order valence-electron chi connectivity index (χ0n) is 20.5. The highest BCUT2D eigenvalue weighted by Gasteiger charge is 2.35. The number of halogens is 4. The highest BCUT2D eigenvalue weighted by Crippen LogP contribution is 2.37. The molecule has 4 aromatic rings. The minimum absolute atomic E-state index is 0.0591. The smallest absolute Gasteiger partial charge is 0.404 e. The number of alkyl halides is 3. The van der Waals surface area contributed by atoms with Crippen LogP contribution in [0.4, 0.5) is 30.5 Å². The number of hydrogen-bond acceptors (Lipinski definition) is 8. The number of nitrogens with zero attached hydrogens (tertiary/aromatic N) is 3. The maximum absolute atomic E-state index is 12.9. The second kappa shape index (κ2) is 11.4. The second-order valence-electron chi connectivity index (χ2n) is 8.40. The third kappa shape index (κ3) is 7.18. The molecule has 0 fully saturated rings. The van der Waals surface area contributed by atoms with E-state index in [0.717, 1.165) is 0 Å². The predicted octanol–water partition coefficient (Wildman–Crippen LogP) is 4.81. The van der Waals surface area contributed by atoms with Crippen molar-refractivity contribution in [2.24, 2.45) is 5.73 Å². The van der Waals surface area contributed by atoms with Gasteiger partial charge in [0.25, 0.3) is 5.91 Å². The molecule has 40 heavy (non-hydrogen) atoms. The molecule has 0 aliphatic rings. The Morgan fingerprint density at radius 3 is 2.62 bits per heavy atom. The molecule has 2 aromatic carbocycles. The number of anilines is 3. The van der Waals surface area contributed by atoms with Crippen molar-refractivity contribution in [2.45, 2.75) is 19.2 Å². The first-order valence-electron chi connectivity index (χ1n) is 11.4. The number of benzene rings is 2. The van der Waals surface area contributed by atoms with Crippen LogP contribution in [0.15, 0.2) is 61.1 Å². The van der Waals surface area contributed by atoms with Crippen molar-refractivity contribution >= 4 is 44.9 Å². The van der Waals surface area contributed by atoms with Gasteiger partial charge in [-0.3, -0.25) is 19.6 Å². The Morgan fingerprint density at radius 2 is 1.98 bits per heavy atom. The number of ether oxygens (including phenoxy) is 1. The van der Waals surface area contributed by atoms with Gasteiger partial charge in [0.05, 0.1) is 11.9 Å². The molecule has 16 heteroatoms. The lowest BCUT2D eigenvalue weighted by Gasteiger charge is -2.20. The lowest BCUT2D eigenvalue weighted by Crippen LogP contribution is -2.28. The van der Waals surface area contributed by atoms with Crippen LogP contribution in [-0.2, 0) is 10.0 Å². The maximum atomic E-state index is 12.9. The number of hydrogen-bond donors (Lipinski definition) is 4. The largest absolute Gasteiger partial charge is 0.484 e. The van der Waals surface area contributed by atoms with Gasteiger partial charge in [-0.05, 0) is 36.8 Å². The van der Waals surface area contributed by atoms with Gasteiger partial charge in [0.1, 0.15) is 34.7 Å². The SMILES string of the molecule is C[C@H](Oc1cc(-c2n[nH]c(Nc3cnccn3)c2C(N)=O)ccc1NS(=O)(=O)CC(F)(F)F)c1cccc(Cl)c1. The Kier molecular flexibility index (Phi) is 8.16. The molecule has 0 aliphatic carbocycles. The zero-order chi connectivity index (χ0) is 29.1. The molecule has 0 unspecified atom stereocenters. The number of aromatic nitrogens is 4. The average molecular weight is 596 g/mol. The van der Waals surface area contributed by atoms with E-state index in [1.807, 2.05) is 4.72 Å². The van der Waals surface area contributed by atoms with Crippen molar-refractivity contribution in [3.8, 4) is 17.0 Å². The first-order chi connectivity index (χ1) is 18.8. The van der Waals surface area contributed by atoms with Crippen LogP contribution in [0.5, 0.6) is 5.75 Å². The number of nitrogens with two attached hydrogens (primary N) is 1. The Labute approximate surface area is 231 Å². The lowest BCUT2D eigenvalue weighted by atomic mass is 10.1. The zero-order valence-corrected chi connectivity index (χ0v) is 22.1. The molecule has 1 atom stereocenters. The van der Waals surface area contributed by atoms with Crippen molar-refractivity contribution in [2.75, 3.05) is 15.8 Å². The summed E-state index contributed by atoms with van der Waals surface area (Å²) in [7, 11) is -4.85.